The zero-order valence-corrected chi connectivity index (χ0v) is 12.2. The van der Waals surface area contributed by atoms with Crippen molar-refractivity contribution in [3.63, 3.8) is 0 Å². The van der Waals surface area contributed by atoms with Crippen molar-refractivity contribution in [2.45, 2.75) is 25.8 Å². The van der Waals surface area contributed by atoms with E-state index in [1.54, 1.807) is 18.5 Å². The molecule has 1 N–H and O–H groups in total. The molecule has 0 aliphatic heterocycles. The van der Waals surface area contributed by atoms with E-state index in [9.17, 15) is 0 Å². The van der Waals surface area contributed by atoms with Crippen LogP contribution in [-0.2, 0) is 6.42 Å². The normalized spacial score (nSPS) is 12.6. The molecule has 0 amide bonds. The third-order valence-electron chi connectivity index (χ3n) is 2.86. The Morgan fingerprint density at radius 3 is 2.79 bits per heavy atom. The molecule has 2 aromatic rings. The molecule has 19 heavy (non-hydrogen) atoms. The SMILES string of the molecule is CCCNC(Cc1ccncc1Cl)c1ccc(Cl)o1. The molecule has 0 saturated heterocycles. The van der Waals surface area contributed by atoms with Crippen LogP contribution in [0.4, 0.5) is 0 Å². The molecule has 0 aliphatic carbocycles. The van der Waals surface area contributed by atoms with Crippen molar-refractivity contribution >= 4 is 23.2 Å². The number of pyridine rings is 1. The monoisotopic (exact) mass is 298 g/mol. The highest BCUT2D eigenvalue weighted by atomic mass is 35.5. The summed E-state index contributed by atoms with van der Waals surface area (Å²) in [5.41, 5.74) is 1.04. The van der Waals surface area contributed by atoms with Crippen molar-refractivity contribution in [2.75, 3.05) is 6.54 Å². The summed E-state index contributed by atoms with van der Waals surface area (Å²) in [5.74, 6) is 0.825. The highest BCUT2D eigenvalue weighted by molar-refractivity contribution is 6.31. The predicted octanol–water partition coefficient (Wildman–Crippen LogP) is 4.26. The van der Waals surface area contributed by atoms with Gasteiger partial charge in [0.15, 0.2) is 5.22 Å². The lowest BCUT2D eigenvalue weighted by atomic mass is 10.0. The molecule has 1 atom stereocenters. The fourth-order valence-electron chi connectivity index (χ4n) is 1.90. The summed E-state index contributed by atoms with van der Waals surface area (Å²) >= 11 is 12.0. The van der Waals surface area contributed by atoms with Gasteiger partial charge in [-0.1, -0.05) is 18.5 Å². The summed E-state index contributed by atoms with van der Waals surface area (Å²) in [5, 5.41) is 4.52. The van der Waals surface area contributed by atoms with Crippen molar-refractivity contribution in [1.29, 1.82) is 0 Å². The number of hydrogen-bond donors (Lipinski definition) is 1. The van der Waals surface area contributed by atoms with Crippen molar-refractivity contribution in [2.24, 2.45) is 0 Å². The molecule has 0 saturated carbocycles. The van der Waals surface area contributed by atoms with Gasteiger partial charge in [0.25, 0.3) is 0 Å². The van der Waals surface area contributed by atoms with Gasteiger partial charge in [-0.15, -0.1) is 0 Å². The topological polar surface area (TPSA) is 38.1 Å². The van der Waals surface area contributed by atoms with Crippen LogP contribution in [-0.4, -0.2) is 11.5 Å². The van der Waals surface area contributed by atoms with E-state index >= 15 is 0 Å². The summed E-state index contributed by atoms with van der Waals surface area (Å²) in [4.78, 5) is 3.99. The van der Waals surface area contributed by atoms with Gasteiger partial charge in [0.1, 0.15) is 5.76 Å². The molecule has 0 spiro atoms. The van der Waals surface area contributed by atoms with Crippen molar-refractivity contribution < 1.29 is 4.42 Å². The Labute approximate surface area is 122 Å². The average molecular weight is 299 g/mol. The quantitative estimate of drug-likeness (QED) is 0.866. The minimum absolute atomic E-state index is 0.0624. The predicted molar refractivity (Wildman–Crippen MR) is 77.7 cm³/mol. The van der Waals surface area contributed by atoms with Gasteiger partial charge in [0.05, 0.1) is 11.1 Å². The van der Waals surface area contributed by atoms with E-state index in [1.807, 2.05) is 12.1 Å². The summed E-state index contributed by atoms with van der Waals surface area (Å²) in [6, 6.07) is 5.64. The number of hydrogen-bond acceptors (Lipinski definition) is 3. The van der Waals surface area contributed by atoms with Gasteiger partial charge in [-0.05, 0) is 54.7 Å². The molecule has 2 rings (SSSR count). The van der Waals surface area contributed by atoms with Gasteiger partial charge >= 0.3 is 0 Å². The molecule has 0 radical (unpaired) electrons. The van der Waals surface area contributed by atoms with E-state index in [0.29, 0.717) is 10.2 Å². The number of nitrogens with zero attached hydrogens (tertiary/aromatic N) is 1. The first-order chi connectivity index (χ1) is 9.20. The lowest BCUT2D eigenvalue weighted by Gasteiger charge is -2.16. The van der Waals surface area contributed by atoms with Gasteiger partial charge in [-0.2, -0.15) is 0 Å². The first-order valence-corrected chi connectivity index (χ1v) is 7.03. The molecular weight excluding hydrogens is 283 g/mol. The average Bonchev–Trinajstić information content (AvgIpc) is 2.83. The maximum absolute atomic E-state index is 6.15. The lowest BCUT2D eigenvalue weighted by Crippen LogP contribution is -2.23. The van der Waals surface area contributed by atoms with Crippen molar-refractivity contribution in [1.82, 2.24) is 10.3 Å². The van der Waals surface area contributed by atoms with E-state index in [0.717, 1.165) is 30.7 Å². The molecule has 1 unspecified atom stereocenters. The molecule has 2 heterocycles. The largest absolute Gasteiger partial charge is 0.448 e. The van der Waals surface area contributed by atoms with Crippen LogP contribution in [0, 0.1) is 0 Å². The molecule has 0 fully saturated rings. The van der Waals surface area contributed by atoms with E-state index in [4.69, 9.17) is 27.6 Å². The minimum atomic E-state index is 0.0624. The minimum Gasteiger partial charge on any atom is -0.448 e. The molecule has 2 aromatic heterocycles. The fraction of sp³-hybridized carbons (Fsp3) is 0.357. The molecule has 102 valence electrons. The van der Waals surface area contributed by atoms with Gasteiger partial charge in [0.2, 0.25) is 0 Å². The van der Waals surface area contributed by atoms with Crippen LogP contribution in [0.5, 0.6) is 0 Å². The number of aromatic nitrogens is 1. The summed E-state index contributed by atoms with van der Waals surface area (Å²) in [7, 11) is 0. The second kappa shape index (κ2) is 6.94. The standard InChI is InChI=1S/C14H16Cl2N2O/c1-2-6-18-12(13-3-4-14(16)19-13)8-10-5-7-17-9-11(10)15/h3-5,7,9,12,18H,2,6,8H2,1H3. The maximum atomic E-state index is 6.15. The Morgan fingerprint density at radius 2 is 2.16 bits per heavy atom. The molecule has 0 aromatic carbocycles. The summed E-state index contributed by atoms with van der Waals surface area (Å²) < 4.78 is 5.50. The van der Waals surface area contributed by atoms with Gasteiger partial charge < -0.3 is 9.73 Å². The summed E-state index contributed by atoms with van der Waals surface area (Å²) in [6.07, 6.45) is 5.19. The lowest BCUT2D eigenvalue weighted by molar-refractivity contribution is 0.411. The van der Waals surface area contributed by atoms with Crippen LogP contribution in [0.15, 0.2) is 35.0 Å². The van der Waals surface area contributed by atoms with Gasteiger partial charge in [-0.25, -0.2) is 0 Å². The van der Waals surface area contributed by atoms with Crippen LogP contribution in [0.2, 0.25) is 10.2 Å². The van der Waals surface area contributed by atoms with Crippen LogP contribution < -0.4 is 5.32 Å². The molecule has 5 heteroatoms. The Bertz CT molecular complexity index is 528. The smallest absolute Gasteiger partial charge is 0.193 e. The van der Waals surface area contributed by atoms with Crippen LogP contribution in [0.1, 0.15) is 30.7 Å². The molecule has 3 nitrogen and oxygen atoms in total. The zero-order chi connectivity index (χ0) is 13.7. The number of nitrogens with one attached hydrogen (secondary N) is 1. The molecule has 0 bridgehead atoms. The van der Waals surface area contributed by atoms with Crippen molar-refractivity contribution in [3.05, 3.63) is 52.2 Å². The van der Waals surface area contributed by atoms with E-state index in [-0.39, 0.29) is 6.04 Å². The first kappa shape index (κ1) is 14.4. The summed E-state index contributed by atoms with van der Waals surface area (Å²) in [6.45, 7) is 3.03. The van der Waals surface area contributed by atoms with E-state index < -0.39 is 0 Å². The Kier molecular flexibility index (Phi) is 5.25. The Balaban J connectivity index is 2.16. The Morgan fingerprint density at radius 1 is 1.32 bits per heavy atom. The van der Waals surface area contributed by atoms with Crippen LogP contribution >= 0.6 is 23.2 Å². The molecular formula is C14H16Cl2N2O. The van der Waals surface area contributed by atoms with E-state index in [1.165, 1.54) is 0 Å². The van der Waals surface area contributed by atoms with Gasteiger partial charge in [-0.3, -0.25) is 4.98 Å². The first-order valence-electron chi connectivity index (χ1n) is 6.27. The van der Waals surface area contributed by atoms with Crippen molar-refractivity contribution in [3.8, 4) is 0 Å². The van der Waals surface area contributed by atoms with Gasteiger partial charge in [0, 0.05) is 12.4 Å². The van der Waals surface area contributed by atoms with Crippen LogP contribution in [0.3, 0.4) is 0 Å². The number of rotatable bonds is 6. The Hall–Kier alpha value is -1.03. The number of furan rings is 1. The zero-order valence-electron chi connectivity index (χ0n) is 10.7. The third kappa shape index (κ3) is 3.96. The van der Waals surface area contributed by atoms with Crippen LogP contribution in [0.25, 0.3) is 0 Å². The maximum Gasteiger partial charge on any atom is 0.193 e. The number of halogens is 2. The third-order valence-corrected chi connectivity index (χ3v) is 3.40. The molecule has 0 aliphatic rings. The second-order valence-corrected chi connectivity index (χ2v) is 5.10. The van der Waals surface area contributed by atoms with E-state index in [2.05, 4.69) is 17.2 Å². The fourth-order valence-corrected chi connectivity index (χ4v) is 2.25. The second-order valence-electron chi connectivity index (χ2n) is 4.32. The highest BCUT2D eigenvalue weighted by Gasteiger charge is 2.16. The highest BCUT2D eigenvalue weighted by Crippen LogP contribution is 2.25.